The minimum atomic E-state index is 0.384. The summed E-state index contributed by atoms with van der Waals surface area (Å²) in [6, 6.07) is 0. The van der Waals surface area contributed by atoms with Crippen molar-refractivity contribution < 1.29 is 9.47 Å². The molecule has 0 bridgehead atoms. The average Bonchev–Trinajstić information content (AvgIpc) is 3.06. The molecule has 3 nitrogen and oxygen atoms in total. The molecule has 0 amide bonds. The van der Waals surface area contributed by atoms with Crippen molar-refractivity contribution in [3.8, 4) is 0 Å². The van der Waals surface area contributed by atoms with Crippen LogP contribution in [0.2, 0.25) is 0 Å². The summed E-state index contributed by atoms with van der Waals surface area (Å²) in [6.45, 7) is 15.9. The van der Waals surface area contributed by atoms with Gasteiger partial charge in [0.1, 0.15) is 6.10 Å². The smallest absolute Gasteiger partial charge is 0.104 e. The first-order valence-corrected chi connectivity index (χ1v) is 5.80. The number of hydrogen-bond acceptors (Lipinski definition) is 3. The zero-order valence-corrected chi connectivity index (χ0v) is 10.4. The molecule has 1 heterocycles. The summed E-state index contributed by atoms with van der Waals surface area (Å²) in [7, 11) is 0. The van der Waals surface area contributed by atoms with E-state index in [2.05, 4.69) is 32.3 Å². The highest BCUT2D eigenvalue weighted by atomic mass is 16.6. The summed E-state index contributed by atoms with van der Waals surface area (Å²) in [6.07, 6.45) is 2.12. The number of hydrogen-bond donors (Lipinski definition) is 0. The number of epoxide rings is 1. The molecular weight excluding hydrogens is 190 g/mol. The minimum absolute atomic E-state index is 0.384. The van der Waals surface area contributed by atoms with Crippen LogP contribution in [0.4, 0.5) is 0 Å². The van der Waals surface area contributed by atoms with Gasteiger partial charge in [-0.2, -0.15) is 0 Å². The Morgan fingerprint density at radius 2 is 1.87 bits per heavy atom. The van der Waals surface area contributed by atoms with Gasteiger partial charge in [-0.05, 0) is 19.6 Å². The van der Waals surface area contributed by atoms with Crippen molar-refractivity contribution >= 4 is 0 Å². The molecule has 0 saturated carbocycles. The summed E-state index contributed by atoms with van der Waals surface area (Å²) >= 11 is 0. The molecule has 0 spiro atoms. The molecule has 15 heavy (non-hydrogen) atoms. The fourth-order valence-electron chi connectivity index (χ4n) is 1.12. The van der Waals surface area contributed by atoms with Gasteiger partial charge in [-0.1, -0.05) is 26.8 Å². The van der Waals surface area contributed by atoms with Crippen LogP contribution >= 0.6 is 0 Å². The van der Waals surface area contributed by atoms with E-state index in [1.54, 1.807) is 6.08 Å². The van der Waals surface area contributed by atoms with E-state index < -0.39 is 0 Å². The van der Waals surface area contributed by atoms with E-state index in [1.165, 1.54) is 19.6 Å². The van der Waals surface area contributed by atoms with Gasteiger partial charge in [0.05, 0.1) is 19.8 Å². The Hall–Kier alpha value is -0.380. The van der Waals surface area contributed by atoms with Crippen molar-refractivity contribution in [3.05, 3.63) is 12.7 Å². The van der Waals surface area contributed by atoms with E-state index in [0.717, 1.165) is 13.2 Å². The van der Waals surface area contributed by atoms with E-state index in [1.807, 2.05) is 0 Å². The molecule has 0 aromatic rings. The van der Waals surface area contributed by atoms with Gasteiger partial charge < -0.3 is 14.4 Å². The lowest BCUT2D eigenvalue weighted by molar-refractivity contribution is 0.141. The van der Waals surface area contributed by atoms with Crippen LogP contribution in [-0.2, 0) is 9.47 Å². The van der Waals surface area contributed by atoms with E-state index in [-0.39, 0.29) is 0 Å². The van der Waals surface area contributed by atoms with Crippen molar-refractivity contribution in [2.75, 3.05) is 39.5 Å². The number of ether oxygens (including phenoxy) is 2. The van der Waals surface area contributed by atoms with Gasteiger partial charge in [-0.3, -0.25) is 0 Å². The molecule has 3 heteroatoms. The minimum Gasteiger partial charge on any atom is -0.375 e. The summed E-state index contributed by atoms with van der Waals surface area (Å²) in [5.74, 6) is 0. The van der Waals surface area contributed by atoms with E-state index in [0.29, 0.717) is 12.7 Å². The Kier molecular flexibility index (Phi) is 9.89. The third kappa shape index (κ3) is 9.91. The molecule has 0 aromatic heterocycles. The summed E-state index contributed by atoms with van der Waals surface area (Å²) in [5, 5.41) is 0. The monoisotopic (exact) mass is 215 g/mol. The Labute approximate surface area is 94.1 Å². The zero-order valence-electron chi connectivity index (χ0n) is 10.4. The molecule has 0 N–H and O–H groups in total. The summed E-state index contributed by atoms with van der Waals surface area (Å²) in [4.78, 5) is 2.38. The first-order chi connectivity index (χ1) is 7.28. The Morgan fingerprint density at radius 1 is 1.33 bits per heavy atom. The lowest BCUT2D eigenvalue weighted by Gasteiger charge is -2.13. The maximum Gasteiger partial charge on any atom is 0.104 e. The second kappa shape index (κ2) is 10.1. The quantitative estimate of drug-likeness (QED) is 0.368. The van der Waals surface area contributed by atoms with Crippen molar-refractivity contribution in [2.24, 2.45) is 0 Å². The first-order valence-electron chi connectivity index (χ1n) is 5.80. The van der Waals surface area contributed by atoms with E-state index >= 15 is 0 Å². The molecule has 1 atom stereocenters. The largest absolute Gasteiger partial charge is 0.375 e. The molecular formula is C12H25NO2. The maximum atomic E-state index is 5.06. The molecule has 1 aliphatic rings. The van der Waals surface area contributed by atoms with E-state index in [9.17, 15) is 0 Å². The second-order valence-electron chi connectivity index (χ2n) is 3.40. The van der Waals surface area contributed by atoms with E-state index in [4.69, 9.17) is 9.47 Å². The lowest BCUT2D eigenvalue weighted by atomic mass is 10.5. The highest BCUT2D eigenvalue weighted by molar-refractivity contribution is 4.70. The lowest BCUT2D eigenvalue weighted by Crippen LogP contribution is -2.21. The van der Waals surface area contributed by atoms with Crippen molar-refractivity contribution in [2.45, 2.75) is 26.9 Å². The molecule has 0 aromatic carbocycles. The third-order valence-electron chi connectivity index (χ3n) is 2.28. The highest BCUT2D eigenvalue weighted by Crippen LogP contribution is 2.07. The molecule has 1 fully saturated rings. The van der Waals surface area contributed by atoms with Crippen molar-refractivity contribution in [1.29, 1.82) is 0 Å². The normalized spacial score (nSPS) is 18.3. The van der Waals surface area contributed by atoms with Gasteiger partial charge in [-0.15, -0.1) is 6.58 Å². The Morgan fingerprint density at radius 3 is 2.13 bits per heavy atom. The Bertz CT molecular complexity index is 137. The van der Waals surface area contributed by atoms with Gasteiger partial charge in [-0.25, -0.2) is 0 Å². The van der Waals surface area contributed by atoms with Crippen LogP contribution in [-0.4, -0.2) is 50.5 Å². The SMILES string of the molecule is C=CCOCC1CO1.CCN(CC)CC. The predicted octanol–water partition coefficient (Wildman–Crippen LogP) is 1.94. The van der Waals surface area contributed by atoms with Gasteiger partial charge in [0.15, 0.2) is 0 Å². The van der Waals surface area contributed by atoms with Gasteiger partial charge >= 0.3 is 0 Å². The fourth-order valence-corrected chi connectivity index (χ4v) is 1.12. The molecule has 1 unspecified atom stereocenters. The summed E-state index contributed by atoms with van der Waals surface area (Å²) in [5.41, 5.74) is 0. The highest BCUT2D eigenvalue weighted by Gasteiger charge is 2.21. The molecule has 1 aliphatic heterocycles. The van der Waals surface area contributed by atoms with Gasteiger partial charge in [0.2, 0.25) is 0 Å². The van der Waals surface area contributed by atoms with Crippen LogP contribution in [0.5, 0.6) is 0 Å². The van der Waals surface area contributed by atoms with Crippen molar-refractivity contribution in [3.63, 3.8) is 0 Å². The average molecular weight is 215 g/mol. The Balaban J connectivity index is 0.000000265. The molecule has 90 valence electrons. The molecule has 0 aliphatic carbocycles. The van der Waals surface area contributed by atoms with Crippen molar-refractivity contribution in [1.82, 2.24) is 4.90 Å². The first kappa shape index (κ1) is 14.6. The molecule has 1 saturated heterocycles. The summed E-state index contributed by atoms with van der Waals surface area (Å²) < 4.78 is 9.96. The zero-order chi connectivity index (χ0) is 11.5. The van der Waals surface area contributed by atoms with Crippen LogP contribution in [0.1, 0.15) is 20.8 Å². The number of nitrogens with zero attached hydrogens (tertiary/aromatic N) is 1. The van der Waals surface area contributed by atoms with Crippen LogP contribution in [0.3, 0.4) is 0 Å². The maximum absolute atomic E-state index is 5.06. The second-order valence-corrected chi connectivity index (χ2v) is 3.40. The molecule has 0 radical (unpaired) electrons. The topological polar surface area (TPSA) is 25.0 Å². The van der Waals surface area contributed by atoms with Gasteiger partial charge in [0.25, 0.3) is 0 Å². The fraction of sp³-hybridized carbons (Fsp3) is 0.833. The number of rotatable bonds is 7. The standard InChI is InChI=1S/C6H15N.C6H10O2/c1-4-7(5-2)6-3;1-2-3-7-4-6-5-8-6/h4-6H2,1-3H3;2,6H,1,3-5H2. The third-order valence-corrected chi connectivity index (χ3v) is 2.28. The predicted molar refractivity (Wildman–Crippen MR) is 64.2 cm³/mol. The molecule has 1 rings (SSSR count). The van der Waals surface area contributed by atoms with Crippen LogP contribution in [0, 0.1) is 0 Å². The van der Waals surface area contributed by atoms with Gasteiger partial charge in [0, 0.05) is 0 Å². The van der Waals surface area contributed by atoms with Crippen LogP contribution < -0.4 is 0 Å². The van der Waals surface area contributed by atoms with Crippen LogP contribution in [0.15, 0.2) is 12.7 Å². The van der Waals surface area contributed by atoms with Crippen LogP contribution in [0.25, 0.3) is 0 Å².